The second kappa shape index (κ2) is 7.49. The van der Waals surface area contributed by atoms with Crippen molar-refractivity contribution in [3.63, 3.8) is 0 Å². The largest absolute Gasteiger partial charge is 0.441 e. The van der Waals surface area contributed by atoms with E-state index < -0.39 is 18.3 Å². The minimum absolute atomic E-state index is 0.144. The normalized spacial score (nSPS) is 11.6. The molecule has 0 aliphatic rings. The number of aryl methyl sites for hydroxylation is 1. The fourth-order valence-electron chi connectivity index (χ4n) is 1.80. The molecule has 1 aromatic rings. The lowest BCUT2D eigenvalue weighted by Crippen LogP contribution is -2.25. The molecule has 2 amide bonds. The van der Waals surface area contributed by atoms with Gasteiger partial charge >= 0.3 is 12.2 Å². The van der Waals surface area contributed by atoms with E-state index in [-0.39, 0.29) is 13.0 Å². The molecule has 1 atom stereocenters. The number of aliphatic hydroxyl groups excluding tert-OH is 1. The fraction of sp³-hybridized carbons (Fsp3) is 0.429. The van der Waals surface area contributed by atoms with E-state index in [2.05, 4.69) is 0 Å². The zero-order valence-corrected chi connectivity index (χ0v) is 12.3. The minimum atomic E-state index is -0.907. The number of carbonyl (C=O) groups excluding carboxylic acids is 2. The number of carbonyl (C=O) groups is 2. The van der Waals surface area contributed by atoms with Crippen LogP contribution >= 0.6 is 0 Å². The van der Waals surface area contributed by atoms with Crippen LogP contribution in [0.4, 0.5) is 9.59 Å². The van der Waals surface area contributed by atoms with Gasteiger partial charge in [0.1, 0.15) is 11.9 Å². The van der Waals surface area contributed by atoms with E-state index in [0.717, 1.165) is 5.56 Å². The topological polar surface area (TPSA) is 102 Å². The van der Waals surface area contributed by atoms with Gasteiger partial charge in [-0.15, -0.1) is 0 Å². The average molecular weight is 296 g/mol. The number of benzene rings is 1. The van der Waals surface area contributed by atoms with E-state index in [4.69, 9.17) is 20.3 Å². The van der Waals surface area contributed by atoms with Crippen molar-refractivity contribution in [1.29, 1.82) is 0 Å². The maximum Gasteiger partial charge on any atom is 0.414 e. The monoisotopic (exact) mass is 296 g/mol. The molecule has 0 aromatic heterocycles. The van der Waals surface area contributed by atoms with Crippen molar-refractivity contribution in [1.82, 2.24) is 4.90 Å². The number of hydrogen-bond acceptors (Lipinski definition) is 5. The lowest BCUT2D eigenvalue weighted by Gasteiger charge is -2.19. The first kappa shape index (κ1) is 16.8. The van der Waals surface area contributed by atoms with Gasteiger partial charge in [0.25, 0.3) is 0 Å². The van der Waals surface area contributed by atoms with Gasteiger partial charge in [-0.05, 0) is 30.2 Å². The molecule has 0 aliphatic heterocycles. The van der Waals surface area contributed by atoms with Crippen LogP contribution in [-0.4, -0.2) is 42.9 Å². The van der Waals surface area contributed by atoms with Gasteiger partial charge in [0.15, 0.2) is 0 Å². The Balaban J connectivity index is 2.94. The van der Waals surface area contributed by atoms with Gasteiger partial charge in [-0.3, -0.25) is 0 Å². The third-order valence-electron chi connectivity index (χ3n) is 2.81. The Morgan fingerprint density at radius 3 is 2.52 bits per heavy atom. The minimum Gasteiger partial charge on any atom is -0.441 e. The second-order valence-electron chi connectivity index (χ2n) is 4.72. The van der Waals surface area contributed by atoms with E-state index >= 15 is 0 Å². The Kier molecular flexibility index (Phi) is 5.98. The smallest absolute Gasteiger partial charge is 0.414 e. The van der Waals surface area contributed by atoms with Gasteiger partial charge in [-0.1, -0.05) is 6.07 Å². The summed E-state index contributed by atoms with van der Waals surface area (Å²) in [5.74, 6) is 0.386. The number of primary amides is 1. The molecule has 116 valence electrons. The highest BCUT2D eigenvalue weighted by Gasteiger charge is 2.18. The third kappa shape index (κ3) is 4.96. The van der Waals surface area contributed by atoms with Crippen molar-refractivity contribution < 1.29 is 24.2 Å². The number of nitrogens with two attached hydrogens (primary N) is 1. The van der Waals surface area contributed by atoms with Crippen molar-refractivity contribution in [3.8, 4) is 5.75 Å². The maximum absolute atomic E-state index is 11.5. The molecule has 3 N–H and O–H groups in total. The molecule has 0 fully saturated rings. The molecule has 1 rings (SSSR count). The lowest BCUT2D eigenvalue weighted by molar-refractivity contribution is 0.0874. The van der Waals surface area contributed by atoms with E-state index in [1.54, 1.807) is 39.2 Å². The number of rotatable bonds is 5. The fourth-order valence-corrected chi connectivity index (χ4v) is 1.80. The summed E-state index contributed by atoms with van der Waals surface area (Å²) in [5.41, 5.74) is 6.49. The first-order valence-electron chi connectivity index (χ1n) is 6.41. The molecule has 7 nitrogen and oxygen atoms in total. The van der Waals surface area contributed by atoms with Gasteiger partial charge in [-0.25, -0.2) is 9.59 Å². The molecular formula is C14H20N2O5. The lowest BCUT2D eigenvalue weighted by atomic mass is 10.0. The van der Waals surface area contributed by atoms with Gasteiger partial charge in [-0.2, -0.15) is 0 Å². The van der Waals surface area contributed by atoms with Crippen LogP contribution in [0, 0.1) is 6.92 Å². The molecule has 7 heteroatoms. The van der Waals surface area contributed by atoms with Crippen LogP contribution in [0.1, 0.15) is 23.7 Å². The second-order valence-corrected chi connectivity index (χ2v) is 4.72. The van der Waals surface area contributed by atoms with Crippen LogP contribution in [0.3, 0.4) is 0 Å². The summed E-state index contributed by atoms with van der Waals surface area (Å²) in [5, 5.41) is 9.03. The predicted molar refractivity (Wildman–Crippen MR) is 76.0 cm³/mol. The van der Waals surface area contributed by atoms with Crippen molar-refractivity contribution in [3.05, 3.63) is 29.3 Å². The molecule has 0 aliphatic carbocycles. The summed E-state index contributed by atoms with van der Waals surface area (Å²) in [6, 6.07) is 4.93. The summed E-state index contributed by atoms with van der Waals surface area (Å²) in [4.78, 5) is 23.7. The van der Waals surface area contributed by atoms with Crippen LogP contribution in [0.15, 0.2) is 18.2 Å². The molecular weight excluding hydrogens is 276 g/mol. The van der Waals surface area contributed by atoms with Gasteiger partial charge in [0.05, 0.1) is 0 Å². The molecule has 0 bridgehead atoms. The quantitative estimate of drug-likeness (QED) is 0.858. The molecule has 0 heterocycles. The van der Waals surface area contributed by atoms with Crippen molar-refractivity contribution >= 4 is 12.2 Å². The zero-order valence-electron chi connectivity index (χ0n) is 12.3. The van der Waals surface area contributed by atoms with E-state index in [0.29, 0.717) is 11.3 Å². The highest BCUT2D eigenvalue weighted by Crippen LogP contribution is 2.27. The standard InChI is InChI=1S/C14H20N2O5/c1-9-8-10(20-14(19)16(2)3)4-5-11(9)12(6-7-17)21-13(15)18/h4-5,8,12,17H,6-7H2,1-3H3,(H2,15,18)/t12-/m0/s1. The van der Waals surface area contributed by atoms with E-state index in [1.807, 2.05) is 0 Å². The third-order valence-corrected chi connectivity index (χ3v) is 2.81. The molecule has 1 aromatic carbocycles. The van der Waals surface area contributed by atoms with Crippen molar-refractivity contribution in [2.75, 3.05) is 20.7 Å². The summed E-state index contributed by atoms with van der Waals surface area (Å²) in [6.45, 7) is 1.64. The van der Waals surface area contributed by atoms with E-state index in [1.165, 1.54) is 4.90 Å². The summed E-state index contributed by atoms with van der Waals surface area (Å²) >= 11 is 0. The first-order chi connectivity index (χ1) is 9.85. The number of aliphatic hydroxyl groups is 1. The van der Waals surface area contributed by atoms with Gasteiger partial charge < -0.3 is 25.2 Å². The summed E-state index contributed by atoms with van der Waals surface area (Å²) < 4.78 is 10.1. The van der Waals surface area contributed by atoms with Crippen molar-refractivity contribution in [2.45, 2.75) is 19.4 Å². The van der Waals surface area contributed by atoms with E-state index in [9.17, 15) is 9.59 Å². The zero-order chi connectivity index (χ0) is 16.0. The molecule has 0 saturated carbocycles. The molecule has 0 saturated heterocycles. The number of amides is 2. The number of hydrogen-bond donors (Lipinski definition) is 2. The van der Waals surface area contributed by atoms with Crippen LogP contribution in [0.5, 0.6) is 5.75 Å². The maximum atomic E-state index is 11.5. The van der Waals surface area contributed by atoms with Crippen molar-refractivity contribution in [2.24, 2.45) is 5.73 Å². The Morgan fingerprint density at radius 1 is 1.38 bits per heavy atom. The van der Waals surface area contributed by atoms with Crippen LogP contribution < -0.4 is 10.5 Å². The average Bonchev–Trinajstić information content (AvgIpc) is 2.37. The Bertz CT molecular complexity index is 516. The summed E-state index contributed by atoms with van der Waals surface area (Å²) in [7, 11) is 3.17. The van der Waals surface area contributed by atoms with Gasteiger partial charge in [0, 0.05) is 27.1 Å². The molecule has 21 heavy (non-hydrogen) atoms. The Labute approximate surface area is 123 Å². The molecule has 0 spiro atoms. The molecule has 0 unspecified atom stereocenters. The summed E-state index contributed by atoms with van der Waals surface area (Å²) in [6.07, 6.45) is -1.79. The SMILES string of the molecule is Cc1cc(OC(=O)N(C)C)ccc1[C@H](CCO)OC(N)=O. The van der Waals surface area contributed by atoms with Gasteiger partial charge in [0.2, 0.25) is 0 Å². The number of ether oxygens (including phenoxy) is 2. The van der Waals surface area contributed by atoms with Crippen LogP contribution in [0.25, 0.3) is 0 Å². The predicted octanol–water partition coefficient (Wildman–Crippen LogP) is 1.57. The molecule has 0 radical (unpaired) electrons. The Morgan fingerprint density at radius 2 is 2.05 bits per heavy atom. The highest BCUT2D eigenvalue weighted by molar-refractivity contribution is 5.70. The van der Waals surface area contributed by atoms with Crippen LogP contribution in [-0.2, 0) is 4.74 Å². The highest BCUT2D eigenvalue weighted by atomic mass is 16.6. The van der Waals surface area contributed by atoms with Crippen LogP contribution in [0.2, 0.25) is 0 Å². The number of nitrogens with zero attached hydrogens (tertiary/aromatic N) is 1. The first-order valence-corrected chi connectivity index (χ1v) is 6.41. The Hall–Kier alpha value is -2.28.